The van der Waals surface area contributed by atoms with Crippen molar-refractivity contribution in [1.82, 2.24) is 15.1 Å². The molecule has 7 heteroatoms. The number of amides is 1. The third-order valence-electron chi connectivity index (χ3n) is 5.72. The number of ether oxygens (including phenoxy) is 2. The monoisotopic (exact) mass is 461 g/mol. The number of halogens is 1. The van der Waals surface area contributed by atoms with Crippen LogP contribution in [0.15, 0.2) is 66.9 Å². The van der Waals surface area contributed by atoms with Crippen LogP contribution in [0.5, 0.6) is 5.75 Å². The van der Waals surface area contributed by atoms with Gasteiger partial charge < -0.3 is 14.8 Å². The smallest absolute Gasteiger partial charge is 0.246 e. The predicted molar refractivity (Wildman–Crippen MR) is 130 cm³/mol. The molecule has 6 nitrogen and oxygen atoms in total. The zero-order valence-electron chi connectivity index (χ0n) is 19.7. The molecular weight excluding hydrogens is 433 g/mol. The number of hydrogen-bond donors (Lipinski definition) is 1. The van der Waals surface area contributed by atoms with Gasteiger partial charge in [0.15, 0.2) is 0 Å². The molecule has 0 saturated heterocycles. The van der Waals surface area contributed by atoms with Gasteiger partial charge in [-0.1, -0.05) is 23.8 Å². The summed E-state index contributed by atoms with van der Waals surface area (Å²) in [5.41, 5.74) is 4.89. The van der Waals surface area contributed by atoms with E-state index in [4.69, 9.17) is 9.47 Å². The van der Waals surface area contributed by atoms with Crippen molar-refractivity contribution in [3.8, 4) is 11.4 Å². The summed E-state index contributed by atoms with van der Waals surface area (Å²) in [6, 6.07) is 17.8. The first kappa shape index (κ1) is 23.4. The highest BCUT2D eigenvalue weighted by atomic mass is 19.1. The van der Waals surface area contributed by atoms with Gasteiger partial charge in [0.2, 0.25) is 5.91 Å². The number of carbonyl (C=O) groups is 1. The van der Waals surface area contributed by atoms with Crippen molar-refractivity contribution in [2.45, 2.75) is 32.9 Å². The second kappa shape index (κ2) is 10.1. The van der Waals surface area contributed by atoms with Crippen molar-refractivity contribution in [3.63, 3.8) is 0 Å². The van der Waals surface area contributed by atoms with Gasteiger partial charge in [-0.15, -0.1) is 0 Å². The van der Waals surface area contributed by atoms with Crippen molar-refractivity contribution in [3.05, 3.63) is 89.4 Å². The van der Waals surface area contributed by atoms with Crippen molar-refractivity contribution < 1.29 is 18.7 Å². The van der Waals surface area contributed by atoms with Crippen LogP contribution in [0.2, 0.25) is 0 Å². The SMILES string of the molecule is COCC(=O)NC(C)C(Oc1ccc2c(cnn2-c2ccc(F)cc2)c1)c1ccc(C)cc1C. The lowest BCUT2D eigenvalue weighted by molar-refractivity contribution is -0.126. The van der Waals surface area contributed by atoms with Gasteiger partial charge in [0, 0.05) is 12.5 Å². The van der Waals surface area contributed by atoms with Gasteiger partial charge in [-0.25, -0.2) is 9.07 Å². The van der Waals surface area contributed by atoms with E-state index in [1.165, 1.54) is 19.2 Å². The van der Waals surface area contributed by atoms with E-state index in [0.29, 0.717) is 5.75 Å². The summed E-state index contributed by atoms with van der Waals surface area (Å²) in [6.45, 7) is 5.99. The van der Waals surface area contributed by atoms with Crippen molar-refractivity contribution in [2.75, 3.05) is 13.7 Å². The summed E-state index contributed by atoms with van der Waals surface area (Å²) in [6.07, 6.45) is 1.34. The maximum Gasteiger partial charge on any atom is 0.246 e. The highest BCUT2D eigenvalue weighted by molar-refractivity contribution is 5.82. The average Bonchev–Trinajstić information content (AvgIpc) is 3.22. The second-order valence-corrected chi connectivity index (χ2v) is 8.44. The first-order valence-electron chi connectivity index (χ1n) is 11.1. The number of nitrogens with zero attached hydrogens (tertiary/aromatic N) is 2. The summed E-state index contributed by atoms with van der Waals surface area (Å²) < 4.78 is 26.5. The van der Waals surface area contributed by atoms with Crippen LogP contribution in [0, 0.1) is 19.7 Å². The maximum atomic E-state index is 13.3. The number of fused-ring (bicyclic) bond motifs is 1. The van der Waals surface area contributed by atoms with E-state index in [0.717, 1.165) is 33.3 Å². The number of hydrogen-bond acceptors (Lipinski definition) is 4. The summed E-state index contributed by atoms with van der Waals surface area (Å²) in [5.74, 6) is 0.161. The van der Waals surface area contributed by atoms with Crippen LogP contribution in [0.4, 0.5) is 4.39 Å². The van der Waals surface area contributed by atoms with Gasteiger partial charge in [0.05, 0.1) is 23.4 Å². The Morgan fingerprint density at radius 3 is 2.56 bits per heavy atom. The molecule has 1 heterocycles. The third kappa shape index (κ3) is 5.10. The quantitative estimate of drug-likeness (QED) is 0.399. The van der Waals surface area contributed by atoms with Crippen LogP contribution in [0.25, 0.3) is 16.6 Å². The minimum atomic E-state index is -0.411. The minimum absolute atomic E-state index is 0.0154. The highest BCUT2D eigenvalue weighted by Gasteiger charge is 2.25. The van der Waals surface area contributed by atoms with Gasteiger partial charge in [-0.2, -0.15) is 5.10 Å². The summed E-state index contributed by atoms with van der Waals surface area (Å²) in [4.78, 5) is 12.2. The normalized spacial score (nSPS) is 13.0. The standard InChI is InChI=1S/C27H28FN3O3/c1-17-5-11-24(18(2)13-17)27(19(3)30-26(32)16-33-4)34-23-10-12-25-20(14-23)15-29-31(25)22-8-6-21(28)7-9-22/h5-15,19,27H,16H2,1-4H3,(H,30,32). The maximum absolute atomic E-state index is 13.3. The molecule has 2 unspecified atom stereocenters. The van der Waals surface area contributed by atoms with E-state index in [1.54, 1.807) is 23.0 Å². The molecule has 34 heavy (non-hydrogen) atoms. The van der Waals surface area contributed by atoms with E-state index >= 15 is 0 Å². The van der Waals surface area contributed by atoms with E-state index in [2.05, 4.69) is 16.5 Å². The fraction of sp³-hybridized carbons (Fsp3) is 0.259. The molecule has 4 aromatic rings. The van der Waals surface area contributed by atoms with Crippen LogP contribution in [0.1, 0.15) is 29.7 Å². The van der Waals surface area contributed by atoms with Crippen molar-refractivity contribution in [1.29, 1.82) is 0 Å². The summed E-state index contributed by atoms with van der Waals surface area (Å²) in [5, 5.41) is 8.32. The number of methoxy groups -OCH3 is 1. The molecule has 176 valence electrons. The Morgan fingerprint density at radius 1 is 1.09 bits per heavy atom. The van der Waals surface area contributed by atoms with E-state index in [-0.39, 0.29) is 24.4 Å². The molecule has 1 amide bonds. The first-order valence-corrected chi connectivity index (χ1v) is 11.1. The zero-order chi connectivity index (χ0) is 24.2. The molecule has 1 N–H and O–H groups in total. The zero-order valence-corrected chi connectivity index (χ0v) is 19.7. The Labute approximate surface area is 198 Å². The van der Waals surface area contributed by atoms with Gasteiger partial charge in [-0.05, 0) is 74.4 Å². The summed E-state index contributed by atoms with van der Waals surface area (Å²) in [7, 11) is 1.49. The Balaban J connectivity index is 1.65. The average molecular weight is 462 g/mol. The molecule has 1 aromatic heterocycles. The van der Waals surface area contributed by atoms with Crippen molar-refractivity contribution in [2.24, 2.45) is 0 Å². The fourth-order valence-corrected chi connectivity index (χ4v) is 4.10. The number of benzene rings is 3. The Morgan fingerprint density at radius 2 is 1.85 bits per heavy atom. The molecule has 0 saturated carbocycles. The lowest BCUT2D eigenvalue weighted by Crippen LogP contribution is -2.41. The van der Waals surface area contributed by atoms with Crippen LogP contribution in [-0.4, -0.2) is 35.4 Å². The molecular formula is C27H28FN3O3. The molecule has 0 spiro atoms. The molecule has 0 aliphatic heterocycles. The van der Waals surface area contributed by atoms with Crippen LogP contribution in [-0.2, 0) is 9.53 Å². The lowest BCUT2D eigenvalue weighted by atomic mass is 9.96. The summed E-state index contributed by atoms with van der Waals surface area (Å²) >= 11 is 0. The number of aromatic nitrogens is 2. The molecule has 0 fully saturated rings. The van der Waals surface area contributed by atoms with Gasteiger partial charge >= 0.3 is 0 Å². The predicted octanol–water partition coefficient (Wildman–Crippen LogP) is 5.05. The number of carbonyl (C=O) groups excluding carboxylic acids is 1. The highest BCUT2D eigenvalue weighted by Crippen LogP contribution is 2.30. The Bertz CT molecular complexity index is 1300. The number of nitrogens with one attached hydrogen (secondary N) is 1. The van der Waals surface area contributed by atoms with Crippen LogP contribution < -0.4 is 10.1 Å². The van der Waals surface area contributed by atoms with E-state index in [9.17, 15) is 9.18 Å². The molecule has 0 bridgehead atoms. The van der Waals surface area contributed by atoms with Crippen LogP contribution >= 0.6 is 0 Å². The van der Waals surface area contributed by atoms with E-state index < -0.39 is 6.10 Å². The number of rotatable bonds is 8. The van der Waals surface area contributed by atoms with Gasteiger partial charge in [0.1, 0.15) is 24.3 Å². The van der Waals surface area contributed by atoms with Crippen LogP contribution in [0.3, 0.4) is 0 Å². The topological polar surface area (TPSA) is 65.4 Å². The number of aryl methyl sites for hydroxylation is 2. The molecule has 0 aliphatic carbocycles. The van der Waals surface area contributed by atoms with Gasteiger partial charge in [-0.3, -0.25) is 4.79 Å². The molecule has 4 rings (SSSR count). The van der Waals surface area contributed by atoms with Crippen molar-refractivity contribution >= 4 is 16.8 Å². The van der Waals surface area contributed by atoms with E-state index in [1.807, 2.05) is 51.1 Å². The molecule has 0 radical (unpaired) electrons. The third-order valence-corrected chi connectivity index (χ3v) is 5.72. The lowest BCUT2D eigenvalue weighted by Gasteiger charge is -2.28. The van der Waals surface area contributed by atoms with Gasteiger partial charge in [0.25, 0.3) is 0 Å². The fourth-order valence-electron chi connectivity index (χ4n) is 4.10. The Hall–Kier alpha value is -3.71. The first-order chi connectivity index (χ1) is 16.4. The minimum Gasteiger partial charge on any atom is -0.484 e. The molecule has 3 aromatic carbocycles. The molecule has 2 atom stereocenters. The largest absolute Gasteiger partial charge is 0.484 e. The molecule has 0 aliphatic rings. The Kier molecular flexibility index (Phi) is 6.93. The second-order valence-electron chi connectivity index (χ2n) is 8.44.